The van der Waals surface area contributed by atoms with Gasteiger partial charge in [0.15, 0.2) is 0 Å². The number of aromatic nitrogens is 2. The number of hydrogen-bond acceptors (Lipinski definition) is 4. The minimum Gasteiger partial charge on any atom is -0.348 e. The maximum absolute atomic E-state index is 12.6. The van der Waals surface area contributed by atoms with Crippen molar-refractivity contribution in [3.05, 3.63) is 83.2 Å². The normalized spacial score (nSPS) is 13.0. The van der Waals surface area contributed by atoms with Crippen LogP contribution in [-0.4, -0.2) is 27.5 Å². The summed E-state index contributed by atoms with van der Waals surface area (Å²) in [6.07, 6.45) is 3.58. The highest BCUT2D eigenvalue weighted by molar-refractivity contribution is 6.34. The number of fused-ring (bicyclic) bond motifs is 1. The highest BCUT2D eigenvalue weighted by Gasteiger charge is 2.36. The molecule has 0 saturated heterocycles. The van der Waals surface area contributed by atoms with Crippen LogP contribution in [0.2, 0.25) is 0 Å². The van der Waals surface area contributed by atoms with Crippen LogP contribution >= 0.6 is 0 Å². The summed E-state index contributed by atoms with van der Waals surface area (Å²) in [5, 5.41) is 7.00. The number of imide groups is 1. The van der Waals surface area contributed by atoms with E-state index in [1.165, 1.54) is 0 Å². The second-order valence-corrected chi connectivity index (χ2v) is 6.43. The van der Waals surface area contributed by atoms with Crippen molar-refractivity contribution in [2.45, 2.75) is 20.0 Å². The Morgan fingerprint density at radius 3 is 2.39 bits per heavy atom. The smallest absolute Gasteiger partial charge is 0.266 e. The maximum Gasteiger partial charge on any atom is 0.266 e. The van der Waals surface area contributed by atoms with Crippen LogP contribution in [0.3, 0.4) is 0 Å². The lowest BCUT2D eigenvalue weighted by atomic mass is 10.1. The number of aryl methyl sites for hydroxylation is 1. The molecule has 3 aromatic rings. The topological polar surface area (TPSA) is 84.3 Å². The standard InChI is InChI=1S/C21H18N4O3/c1-2-24-13-14(12-23-24)11-22-19(26)15-6-5-7-16(10-15)25-20(27)17-8-3-4-9-18(17)21(25)28/h3-10,12-13H,2,11H2,1H3,(H,22,26). The zero-order valence-electron chi connectivity index (χ0n) is 15.3. The van der Waals surface area contributed by atoms with Crippen LogP contribution in [0.25, 0.3) is 0 Å². The number of carbonyl (C=O) groups excluding carboxylic acids is 3. The molecule has 2 heterocycles. The van der Waals surface area contributed by atoms with Gasteiger partial charge in [-0.2, -0.15) is 5.10 Å². The van der Waals surface area contributed by atoms with E-state index in [-0.39, 0.29) is 17.7 Å². The average molecular weight is 374 g/mol. The fourth-order valence-corrected chi connectivity index (χ4v) is 3.17. The van der Waals surface area contributed by atoms with Gasteiger partial charge in [0.05, 0.1) is 23.0 Å². The molecule has 1 aromatic heterocycles. The molecule has 0 saturated carbocycles. The lowest BCUT2D eigenvalue weighted by Crippen LogP contribution is -2.30. The summed E-state index contributed by atoms with van der Waals surface area (Å²) in [5.41, 5.74) is 2.38. The molecule has 0 bridgehead atoms. The third-order valence-corrected chi connectivity index (χ3v) is 4.62. The number of hydrogen-bond donors (Lipinski definition) is 1. The van der Waals surface area contributed by atoms with E-state index in [9.17, 15) is 14.4 Å². The fourth-order valence-electron chi connectivity index (χ4n) is 3.17. The summed E-state index contributed by atoms with van der Waals surface area (Å²) in [6.45, 7) is 3.09. The molecular formula is C21H18N4O3. The van der Waals surface area contributed by atoms with Crippen LogP contribution in [0.4, 0.5) is 5.69 Å². The zero-order valence-corrected chi connectivity index (χ0v) is 15.3. The van der Waals surface area contributed by atoms with Crippen LogP contribution < -0.4 is 10.2 Å². The fraction of sp³-hybridized carbons (Fsp3) is 0.143. The number of benzene rings is 2. The summed E-state index contributed by atoms with van der Waals surface area (Å²) in [4.78, 5) is 38.9. The third kappa shape index (κ3) is 3.07. The number of anilines is 1. The second kappa shape index (κ2) is 7.11. The van der Waals surface area contributed by atoms with Crippen molar-refractivity contribution in [1.29, 1.82) is 0 Å². The van der Waals surface area contributed by atoms with Gasteiger partial charge in [0.25, 0.3) is 17.7 Å². The molecule has 0 unspecified atom stereocenters. The van der Waals surface area contributed by atoms with Crippen molar-refractivity contribution in [3.8, 4) is 0 Å². The minimum absolute atomic E-state index is 0.289. The monoisotopic (exact) mass is 374 g/mol. The second-order valence-electron chi connectivity index (χ2n) is 6.43. The molecule has 1 N–H and O–H groups in total. The van der Waals surface area contributed by atoms with Gasteiger partial charge in [-0.3, -0.25) is 19.1 Å². The van der Waals surface area contributed by atoms with E-state index in [0.29, 0.717) is 28.9 Å². The van der Waals surface area contributed by atoms with E-state index in [0.717, 1.165) is 17.0 Å². The first-order chi connectivity index (χ1) is 13.6. The molecule has 0 fully saturated rings. The van der Waals surface area contributed by atoms with Gasteiger partial charge in [0, 0.05) is 30.4 Å². The van der Waals surface area contributed by atoms with Crippen LogP contribution in [0, 0.1) is 0 Å². The molecule has 3 amide bonds. The number of nitrogens with zero attached hydrogens (tertiary/aromatic N) is 3. The molecule has 0 aliphatic carbocycles. The quantitative estimate of drug-likeness (QED) is 0.696. The molecule has 2 aromatic carbocycles. The molecule has 0 radical (unpaired) electrons. The van der Waals surface area contributed by atoms with Crippen LogP contribution in [0.1, 0.15) is 43.6 Å². The minimum atomic E-state index is -0.384. The van der Waals surface area contributed by atoms with Crippen molar-refractivity contribution < 1.29 is 14.4 Å². The molecule has 1 aliphatic rings. The Labute approximate surface area is 161 Å². The van der Waals surface area contributed by atoms with Crippen LogP contribution in [-0.2, 0) is 13.1 Å². The van der Waals surface area contributed by atoms with E-state index in [1.807, 2.05) is 13.1 Å². The maximum atomic E-state index is 12.6. The van der Waals surface area contributed by atoms with E-state index in [1.54, 1.807) is 59.4 Å². The average Bonchev–Trinajstić information content (AvgIpc) is 3.29. The van der Waals surface area contributed by atoms with Crippen molar-refractivity contribution in [1.82, 2.24) is 15.1 Å². The molecule has 1 aliphatic heterocycles. The van der Waals surface area contributed by atoms with Crippen LogP contribution in [0.5, 0.6) is 0 Å². The Kier molecular flexibility index (Phi) is 4.49. The van der Waals surface area contributed by atoms with Gasteiger partial charge in [-0.25, -0.2) is 4.90 Å². The Balaban J connectivity index is 1.52. The molecule has 4 rings (SSSR count). The molecule has 140 valence electrons. The van der Waals surface area contributed by atoms with Gasteiger partial charge in [0.1, 0.15) is 0 Å². The van der Waals surface area contributed by atoms with Gasteiger partial charge in [-0.1, -0.05) is 18.2 Å². The Morgan fingerprint density at radius 2 is 1.75 bits per heavy atom. The SMILES string of the molecule is CCn1cc(CNC(=O)c2cccc(N3C(=O)c4ccccc4C3=O)c2)cn1. The first-order valence-corrected chi connectivity index (χ1v) is 8.96. The Hall–Kier alpha value is -3.74. The number of nitrogens with one attached hydrogen (secondary N) is 1. The first-order valence-electron chi connectivity index (χ1n) is 8.96. The van der Waals surface area contributed by atoms with E-state index >= 15 is 0 Å². The molecule has 28 heavy (non-hydrogen) atoms. The Morgan fingerprint density at radius 1 is 1.04 bits per heavy atom. The summed E-state index contributed by atoms with van der Waals surface area (Å²) < 4.78 is 1.78. The summed E-state index contributed by atoms with van der Waals surface area (Å²) in [5.74, 6) is -1.06. The number of rotatable bonds is 5. The predicted molar refractivity (Wildman–Crippen MR) is 103 cm³/mol. The van der Waals surface area contributed by atoms with Gasteiger partial charge < -0.3 is 5.32 Å². The van der Waals surface area contributed by atoms with Gasteiger partial charge in [-0.15, -0.1) is 0 Å². The van der Waals surface area contributed by atoms with Crippen molar-refractivity contribution in [2.24, 2.45) is 0 Å². The molecule has 0 spiro atoms. The Bertz CT molecular complexity index is 1050. The van der Waals surface area contributed by atoms with Gasteiger partial charge in [0.2, 0.25) is 0 Å². The summed E-state index contributed by atoms with van der Waals surface area (Å²) in [6, 6.07) is 13.2. The van der Waals surface area contributed by atoms with Gasteiger partial charge in [-0.05, 0) is 37.3 Å². The third-order valence-electron chi connectivity index (χ3n) is 4.62. The predicted octanol–water partition coefficient (Wildman–Crippen LogP) is 2.63. The highest BCUT2D eigenvalue weighted by Crippen LogP contribution is 2.28. The van der Waals surface area contributed by atoms with Crippen molar-refractivity contribution >= 4 is 23.4 Å². The molecule has 7 heteroatoms. The number of amides is 3. The van der Waals surface area contributed by atoms with Crippen molar-refractivity contribution in [2.75, 3.05) is 4.90 Å². The summed E-state index contributed by atoms with van der Waals surface area (Å²) >= 11 is 0. The first kappa shape index (κ1) is 17.7. The molecule has 7 nitrogen and oxygen atoms in total. The largest absolute Gasteiger partial charge is 0.348 e. The molecule has 0 atom stereocenters. The molecular weight excluding hydrogens is 356 g/mol. The summed E-state index contributed by atoms with van der Waals surface area (Å²) in [7, 11) is 0. The highest BCUT2D eigenvalue weighted by atomic mass is 16.2. The lowest BCUT2D eigenvalue weighted by molar-refractivity contribution is 0.0919. The lowest BCUT2D eigenvalue weighted by Gasteiger charge is -2.15. The van der Waals surface area contributed by atoms with E-state index in [4.69, 9.17) is 0 Å². The van der Waals surface area contributed by atoms with Gasteiger partial charge >= 0.3 is 0 Å². The number of carbonyl (C=O) groups is 3. The van der Waals surface area contributed by atoms with Crippen molar-refractivity contribution in [3.63, 3.8) is 0 Å². The van der Waals surface area contributed by atoms with Crippen LogP contribution in [0.15, 0.2) is 60.9 Å². The zero-order chi connectivity index (χ0) is 19.7. The van der Waals surface area contributed by atoms with E-state index < -0.39 is 0 Å². The van der Waals surface area contributed by atoms with E-state index in [2.05, 4.69) is 10.4 Å².